The molecule has 8 nitrogen and oxygen atoms in total. The quantitative estimate of drug-likeness (QED) is 0.135. The fourth-order valence-electron chi connectivity index (χ4n) is 6.10. The van der Waals surface area contributed by atoms with Crippen LogP contribution in [0.15, 0.2) is 54.6 Å². The number of benzene rings is 4. The molecule has 0 bridgehead atoms. The van der Waals surface area contributed by atoms with Crippen molar-refractivity contribution in [2.75, 3.05) is 14.2 Å². The second-order valence-electron chi connectivity index (χ2n) is 13.8. The maximum Gasteiger partial charge on any atom is 0.166 e. The Morgan fingerprint density at radius 1 is 0.652 bits per heavy atom. The molecule has 5 rings (SSSR count). The molecule has 0 radical (unpaired) electrons. The van der Waals surface area contributed by atoms with Crippen molar-refractivity contribution in [2.24, 2.45) is 0 Å². The third kappa shape index (κ3) is 5.99. The molecule has 1 heterocycles. The fourth-order valence-corrected chi connectivity index (χ4v) is 6.10. The lowest BCUT2D eigenvalue weighted by atomic mass is 9.80. The van der Waals surface area contributed by atoms with Crippen LogP contribution >= 0.6 is 0 Å². The topological polar surface area (TPSA) is 129 Å². The lowest BCUT2D eigenvalue weighted by Gasteiger charge is -2.26. The Balaban J connectivity index is 1.72. The summed E-state index contributed by atoms with van der Waals surface area (Å²) >= 11 is 0. The first-order valence-corrected chi connectivity index (χ1v) is 15.1. The van der Waals surface area contributed by atoms with Gasteiger partial charge < -0.3 is 39.7 Å². The lowest BCUT2D eigenvalue weighted by molar-refractivity contribution is 0.214. The van der Waals surface area contributed by atoms with E-state index in [1.54, 1.807) is 36.4 Å². The van der Waals surface area contributed by atoms with E-state index in [-0.39, 0.29) is 45.7 Å². The minimum Gasteiger partial charge on any atom is -0.508 e. The Morgan fingerprint density at radius 3 is 1.78 bits per heavy atom. The van der Waals surface area contributed by atoms with E-state index in [0.717, 1.165) is 16.7 Å². The normalized spacial score (nSPS) is 16.3. The summed E-state index contributed by atoms with van der Waals surface area (Å²) < 4.78 is 17.6. The SMILES string of the molecule is COc1cc(/C=C/c2ccc(O)c3c2C(c2cc(O)cc(O)c2)C(c2cc(OC)c(O)c(C(C)(C)C)c2)O3)cc(C(C)(C)C)c1O. The number of aromatic hydroxyl groups is 5. The number of phenols is 5. The molecule has 2 unspecified atom stereocenters. The van der Waals surface area contributed by atoms with E-state index >= 15 is 0 Å². The molecule has 1 aliphatic heterocycles. The molecule has 0 fully saturated rings. The van der Waals surface area contributed by atoms with Crippen LogP contribution in [0.2, 0.25) is 0 Å². The maximum absolute atomic E-state index is 11.1. The number of ether oxygens (including phenoxy) is 3. The molecule has 0 saturated heterocycles. The van der Waals surface area contributed by atoms with Gasteiger partial charge in [0, 0.05) is 22.8 Å². The summed E-state index contributed by atoms with van der Waals surface area (Å²) in [6.45, 7) is 12.0. The van der Waals surface area contributed by atoms with E-state index in [0.29, 0.717) is 28.0 Å². The molecule has 0 amide bonds. The molecule has 46 heavy (non-hydrogen) atoms. The molecule has 4 aromatic rings. The molecule has 8 heteroatoms. The summed E-state index contributed by atoms with van der Waals surface area (Å²) in [5, 5.41) is 53.9. The maximum atomic E-state index is 11.1. The van der Waals surface area contributed by atoms with Gasteiger partial charge in [0.25, 0.3) is 0 Å². The summed E-state index contributed by atoms with van der Waals surface area (Å²) in [6.07, 6.45) is 3.07. The fraction of sp³-hybridized carbons (Fsp3) is 0.316. The predicted molar refractivity (Wildman–Crippen MR) is 179 cm³/mol. The zero-order valence-corrected chi connectivity index (χ0v) is 27.5. The lowest BCUT2D eigenvalue weighted by Crippen LogP contribution is -2.16. The summed E-state index contributed by atoms with van der Waals surface area (Å²) in [4.78, 5) is 0. The third-order valence-electron chi connectivity index (χ3n) is 8.39. The highest BCUT2D eigenvalue weighted by Gasteiger charge is 2.41. The van der Waals surface area contributed by atoms with Gasteiger partial charge in [-0.15, -0.1) is 0 Å². The zero-order valence-electron chi connectivity index (χ0n) is 27.5. The smallest absolute Gasteiger partial charge is 0.166 e. The van der Waals surface area contributed by atoms with Gasteiger partial charge in [0.15, 0.2) is 34.5 Å². The molecule has 242 valence electrons. The summed E-state index contributed by atoms with van der Waals surface area (Å²) in [5.41, 5.74) is 4.01. The van der Waals surface area contributed by atoms with Gasteiger partial charge in [0.05, 0.1) is 20.1 Å². The number of rotatable bonds is 6. The predicted octanol–water partition coefficient (Wildman–Crippen LogP) is 8.26. The van der Waals surface area contributed by atoms with E-state index in [1.165, 1.54) is 20.3 Å². The van der Waals surface area contributed by atoms with Crippen molar-refractivity contribution in [2.45, 2.75) is 64.4 Å². The van der Waals surface area contributed by atoms with E-state index in [1.807, 2.05) is 65.8 Å². The van der Waals surface area contributed by atoms with Gasteiger partial charge >= 0.3 is 0 Å². The average molecular weight is 627 g/mol. The number of phenolic OH excluding ortho intramolecular Hbond substituents is 5. The second kappa shape index (κ2) is 11.7. The Morgan fingerprint density at radius 2 is 1.22 bits per heavy atom. The van der Waals surface area contributed by atoms with Crippen LogP contribution in [0.3, 0.4) is 0 Å². The van der Waals surface area contributed by atoms with Crippen LogP contribution in [0, 0.1) is 0 Å². The van der Waals surface area contributed by atoms with E-state index in [4.69, 9.17) is 14.2 Å². The summed E-state index contributed by atoms with van der Waals surface area (Å²) in [6, 6.07) is 15.0. The molecule has 4 aromatic carbocycles. The number of methoxy groups -OCH3 is 2. The van der Waals surface area contributed by atoms with E-state index in [9.17, 15) is 25.5 Å². The highest BCUT2D eigenvalue weighted by Crippen LogP contribution is 2.56. The van der Waals surface area contributed by atoms with Gasteiger partial charge in [-0.1, -0.05) is 59.8 Å². The third-order valence-corrected chi connectivity index (χ3v) is 8.39. The first-order valence-electron chi connectivity index (χ1n) is 15.1. The Bertz CT molecular complexity index is 1800. The van der Waals surface area contributed by atoms with E-state index in [2.05, 4.69) is 0 Å². The standard InChI is InChI=1S/C38H42O8/c1-37(2,3)26-13-20(14-29(44-7)33(26)42)9-10-21-11-12-28(41)36-31(21)32(22-15-24(39)19-25(40)16-22)35(46-36)23-17-27(38(4,5)6)34(43)30(18-23)45-8/h9-19,32,35,39-43H,1-8H3/b10-9+. The number of fused-ring (bicyclic) bond motifs is 1. The van der Waals surface area contributed by atoms with Gasteiger partial charge in [0.1, 0.15) is 17.6 Å². The van der Waals surface area contributed by atoms with E-state index < -0.39 is 17.4 Å². The second-order valence-corrected chi connectivity index (χ2v) is 13.8. The molecular weight excluding hydrogens is 584 g/mol. The van der Waals surface area contributed by atoms with Crippen LogP contribution in [-0.4, -0.2) is 39.8 Å². The first-order chi connectivity index (χ1) is 21.5. The van der Waals surface area contributed by atoms with Crippen LogP contribution in [0.4, 0.5) is 0 Å². The van der Waals surface area contributed by atoms with Crippen LogP contribution in [0.25, 0.3) is 12.2 Å². The Labute approximate surface area is 269 Å². The molecular formula is C38H42O8. The molecule has 0 aliphatic carbocycles. The van der Waals surface area contributed by atoms with Crippen molar-refractivity contribution in [3.8, 4) is 46.0 Å². The van der Waals surface area contributed by atoms with Crippen molar-refractivity contribution in [1.82, 2.24) is 0 Å². The minimum absolute atomic E-state index is 0.0335. The van der Waals surface area contributed by atoms with Crippen LogP contribution in [0.5, 0.6) is 46.0 Å². The first kappa shape index (κ1) is 32.4. The van der Waals surface area contributed by atoms with Gasteiger partial charge in [-0.05, 0) is 75.5 Å². The van der Waals surface area contributed by atoms with Crippen molar-refractivity contribution in [3.05, 3.63) is 93.5 Å². The average Bonchev–Trinajstić information content (AvgIpc) is 3.37. The summed E-state index contributed by atoms with van der Waals surface area (Å²) in [5.74, 6) is 0.127. The van der Waals surface area contributed by atoms with Crippen molar-refractivity contribution in [3.63, 3.8) is 0 Å². The number of hydrogen-bond donors (Lipinski definition) is 5. The Hall–Kier alpha value is -4.98. The monoisotopic (exact) mass is 626 g/mol. The van der Waals surface area contributed by atoms with Crippen LogP contribution in [-0.2, 0) is 10.8 Å². The molecule has 1 aliphatic rings. The van der Waals surface area contributed by atoms with Gasteiger partial charge in [-0.3, -0.25) is 0 Å². The minimum atomic E-state index is -0.728. The molecule has 0 aromatic heterocycles. The van der Waals surface area contributed by atoms with Gasteiger partial charge in [-0.25, -0.2) is 0 Å². The Kier molecular flexibility index (Phi) is 8.28. The molecule has 0 saturated carbocycles. The number of hydrogen-bond acceptors (Lipinski definition) is 8. The highest BCUT2D eigenvalue weighted by atomic mass is 16.5. The highest BCUT2D eigenvalue weighted by molar-refractivity contribution is 5.77. The van der Waals surface area contributed by atoms with Crippen molar-refractivity contribution >= 4 is 12.2 Å². The van der Waals surface area contributed by atoms with Gasteiger partial charge in [0.2, 0.25) is 0 Å². The van der Waals surface area contributed by atoms with Crippen LogP contribution in [0.1, 0.15) is 92.5 Å². The van der Waals surface area contributed by atoms with Crippen LogP contribution < -0.4 is 14.2 Å². The van der Waals surface area contributed by atoms with Crippen molar-refractivity contribution < 1.29 is 39.7 Å². The van der Waals surface area contributed by atoms with Gasteiger partial charge in [-0.2, -0.15) is 0 Å². The largest absolute Gasteiger partial charge is 0.508 e. The molecule has 0 spiro atoms. The molecule has 2 atom stereocenters. The summed E-state index contributed by atoms with van der Waals surface area (Å²) in [7, 11) is 3.00. The zero-order chi connectivity index (χ0) is 33.7. The van der Waals surface area contributed by atoms with Crippen molar-refractivity contribution in [1.29, 1.82) is 0 Å². The molecule has 5 N–H and O–H groups in total.